The van der Waals surface area contributed by atoms with Gasteiger partial charge in [-0.2, -0.15) is 0 Å². The highest BCUT2D eigenvalue weighted by Crippen LogP contribution is 2.21. The molecule has 0 aliphatic heterocycles. The highest BCUT2D eigenvalue weighted by Gasteiger charge is 2.06. The predicted octanol–water partition coefficient (Wildman–Crippen LogP) is 3.03. The third-order valence-electron chi connectivity index (χ3n) is 2.50. The molecule has 2 aromatic rings. The molecule has 0 aliphatic rings. The summed E-state index contributed by atoms with van der Waals surface area (Å²) in [6.07, 6.45) is 4.26. The Kier molecular flexibility index (Phi) is 3.50. The lowest BCUT2D eigenvalue weighted by atomic mass is 10.2. The molecular formula is C14H13NO2. The van der Waals surface area contributed by atoms with Crippen molar-refractivity contribution in [3.63, 3.8) is 0 Å². The number of carbonyl (C=O) groups excluding carboxylic acids is 1. The van der Waals surface area contributed by atoms with Gasteiger partial charge in [0.05, 0.1) is 0 Å². The van der Waals surface area contributed by atoms with E-state index in [0.717, 1.165) is 17.6 Å². The van der Waals surface area contributed by atoms with Crippen LogP contribution in [0.3, 0.4) is 0 Å². The number of hydrogen-bond acceptors (Lipinski definition) is 3. The van der Waals surface area contributed by atoms with Crippen LogP contribution in [0, 0.1) is 0 Å². The second-order valence-corrected chi connectivity index (χ2v) is 3.73. The molecule has 0 amide bonds. The molecule has 1 unspecified atom stereocenters. The lowest BCUT2D eigenvalue weighted by Crippen LogP contribution is -2.02. The minimum atomic E-state index is -0.0416. The van der Waals surface area contributed by atoms with Crippen molar-refractivity contribution in [2.24, 2.45) is 0 Å². The monoisotopic (exact) mass is 227 g/mol. The van der Waals surface area contributed by atoms with E-state index in [0.29, 0.717) is 5.56 Å². The third kappa shape index (κ3) is 2.91. The zero-order chi connectivity index (χ0) is 12.1. The average molecular weight is 227 g/mol. The van der Waals surface area contributed by atoms with Gasteiger partial charge < -0.3 is 4.74 Å². The standard InChI is InChI=1S/C14H13NO2/c1-11(13-6-8-15-9-7-13)17-14-4-2-12(10-16)3-5-14/h2-11H,1H3. The molecule has 3 nitrogen and oxygen atoms in total. The van der Waals surface area contributed by atoms with Gasteiger partial charge >= 0.3 is 0 Å². The molecule has 1 aromatic carbocycles. The van der Waals surface area contributed by atoms with E-state index < -0.39 is 0 Å². The summed E-state index contributed by atoms with van der Waals surface area (Å²) in [6.45, 7) is 1.98. The van der Waals surface area contributed by atoms with Crippen LogP contribution in [0.5, 0.6) is 5.75 Å². The van der Waals surface area contributed by atoms with Gasteiger partial charge in [-0.05, 0) is 48.9 Å². The van der Waals surface area contributed by atoms with Crippen molar-refractivity contribution < 1.29 is 9.53 Å². The maximum Gasteiger partial charge on any atom is 0.150 e. The highest BCUT2D eigenvalue weighted by molar-refractivity contribution is 5.74. The summed E-state index contributed by atoms with van der Waals surface area (Å²) in [5.74, 6) is 0.750. The van der Waals surface area contributed by atoms with Crippen LogP contribution in [-0.2, 0) is 0 Å². The van der Waals surface area contributed by atoms with Crippen LogP contribution in [0.4, 0.5) is 0 Å². The van der Waals surface area contributed by atoms with Gasteiger partial charge in [0.1, 0.15) is 18.1 Å². The summed E-state index contributed by atoms with van der Waals surface area (Å²) in [4.78, 5) is 14.5. The largest absolute Gasteiger partial charge is 0.486 e. The van der Waals surface area contributed by atoms with Crippen molar-refractivity contribution in [2.75, 3.05) is 0 Å². The van der Waals surface area contributed by atoms with Crippen LogP contribution in [0.25, 0.3) is 0 Å². The van der Waals surface area contributed by atoms with Gasteiger partial charge in [-0.25, -0.2) is 0 Å². The quantitative estimate of drug-likeness (QED) is 0.753. The van der Waals surface area contributed by atoms with E-state index in [9.17, 15) is 4.79 Å². The predicted molar refractivity (Wildman–Crippen MR) is 65.1 cm³/mol. The summed E-state index contributed by atoms with van der Waals surface area (Å²) < 4.78 is 5.76. The first-order chi connectivity index (χ1) is 8.29. The zero-order valence-electron chi connectivity index (χ0n) is 9.54. The molecule has 1 aromatic heterocycles. The van der Waals surface area contributed by atoms with Crippen molar-refractivity contribution in [1.82, 2.24) is 4.98 Å². The van der Waals surface area contributed by atoms with Gasteiger partial charge in [0.15, 0.2) is 0 Å². The summed E-state index contributed by atoms with van der Waals surface area (Å²) >= 11 is 0. The van der Waals surface area contributed by atoms with Crippen LogP contribution < -0.4 is 4.74 Å². The van der Waals surface area contributed by atoms with Crippen molar-refractivity contribution in [1.29, 1.82) is 0 Å². The van der Waals surface area contributed by atoms with Crippen molar-refractivity contribution in [3.8, 4) is 5.75 Å². The van der Waals surface area contributed by atoms with Crippen molar-refractivity contribution >= 4 is 6.29 Å². The molecule has 1 atom stereocenters. The highest BCUT2D eigenvalue weighted by atomic mass is 16.5. The Hall–Kier alpha value is -2.16. The maximum atomic E-state index is 10.5. The number of pyridine rings is 1. The number of hydrogen-bond donors (Lipinski definition) is 0. The molecule has 0 spiro atoms. The Morgan fingerprint density at radius 2 is 1.76 bits per heavy atom. The van der Waals surface area contributed by atoms with Gasteiger partial charge in [0.25, 0.3) is 0 Å². The zero-order valence-corrected chi connectivity index (χ0v) is 9.54. The molecule has 86 valence electrons. The number of nitrogens with zero attached hydrogens (tertiary/aromatic N) is 1. The number of carbonyl (C=O) groups is 1. The first-order valence-corrected chi connectivity index (χ1v) is 5.41. The van der Waals surface area contributed by atoms with Gasteiger partial charge in [0, 0.05) is 18.0 Å². The molecule has 2 rings (SSSR count). The minimum Gasteiger partial charge on any atom is -0.486 e. The molecule has 0 radical (unpaired) electrons. The summed E-state index contributed by atoms with van der Waals surface area (Å²) in [5.41, 5.74) is 1.72. The summed E-state index contributed by atoms with van der Waals surface area (Å²) in [5, 5.41) is 0. The van der Waals surface area contributed by atoms with E-state index in [1.165, 1.54) is 0 Å². The average Bonchev–Trinajstić information content (AvgIpc) is 2.40. The van der Waals surface area contributed by atoms with Gasteiger partial charge in [-0.15, -0.1) is 0 Å². The second-order valence-electron chi connectivity index (χ2n) is 3.73. The van der Waals surface area contributed by atoms with Gasteiger partial charge in [-0.3, -0.25) is 9.78 Å². The molecule has 3 heteroatoms. The van der Waals surface area contributed by atoms with Crippen LogP contribution in [-0.4, -0.2) is 11.3 Å². The van der Waals surface area contributed by atoms with Crippen LogP contribution in [0.2, 0.25) is 0 Å². The van der Waals surface area contributed by atoms with E-state index in [-0.39, 0.29) is 6.10 Å². The van der Waals surface area contributed by atoms with E-state index in [1.54, 1.807) is 36.7 Å². The number of rotatable bonds is 4. The summed E-state index contributed by atoms with van der Waals surface area (Å²) in [7, 11) is 0. The Bertz CT molecular complexity index is 479. The Balaban J connectivity index is 2.07. The Morgan fingerprint density at radius 1 is 1.12 bits per heavy atom. The van der Waals surface area contributed by atoms with Crippen LogP contribution >= 0.6 is 0 Å². The van der Waals surface area contributed by atoms with Gasteiger partial charge in [0.2, 0.25) is 0 Å². The number of aromatic nitrogens is 1. The van der Waals surface area contributed by atoms with Crippen molar-refractivity contribution in [2.45, 2.75) is 13.0 Å². The first-order valence-electron chi connectivity index (χ1n) is 5.41. The Morgan fingerprint density at radius 3 is 2.35 bits per heavy atom. The lowest BCUT2D eigenvalue weighted by molar-refractivity contribution is 0.112. The normalized spacial score (nSPS) is 11.8. The molecule has 0 aliphatic carbocycles. The van der Waals surface area contributed by atoms with Crippen LogP contribution in [0.1, 0.15) is 28.9 Å². The molecule has 0 N–H and O–H groups in total. The maximum absolute atomic E-state index is 10.5. The van der Waals surface area contributed by atoms with Crippen molar-refractivity contribution in [3.05, 3.63) is 59.9 Å². The molecule has 0 saturated heterocycles. The fraction of sp³-hybridized carbons (Fsp3) is 0.143. The second kappa shape index (κ2) is 5.25. The fourth-order valence-electron chi connectivity index (χ4n) is 1.53. The minimum absolute atomic E-state index is 0.0416. The summed E-state index contributed by atoms with van der Waals surface area (Å²) in [6, 6.07) is 10.9. The SMILES string of the molecule is CC(Oc1ccc(C=O)cc1)c1ccncc1. The lowest BCUT2D eigenvalue weighted by Gasteiger charge is -2.14. The van der Waals surface area contributed by atoms with E-state index in [2.05, 4.69) is 4.98 Å². The molecule has 0 saturated carbocycles. The fourth-order valence-corrected chi connectivity index (χ4v) is 1.53. The van der Waals surface area contributed by atoms with E-state index in [4.69, 9.17) is 4.74 Å². The molecular weight excluding hydrogens is 214 g/mol. The number of benzene rings is 1. The number of ether oxygens (including phenoxy) is 1. The molecule has 0 bridgehead atoms. The van der Waals surface area contributed by atoms with E-state index >= 15 is 0 Å². The first kappa shape index (κ1) is 11.3. The Labute approximate surface area is 100 Å². The topological polar surface area (TPSA) is 39.2 Å². The smallest absolute Gasteiger partial charge is 0.150 e. The van der Waals surface area contributed by atoms with Gasteiger partial charge in [-0.1, -0.05) is 0 Å². The van der Waals surface area contributed by atoms with Crippen LogP contribution in [0.15, 0.2) is 48.8 Å². The number of aldehydes is 1. The molecule has 1 heterocycles. The molecule has 0 fully saturated rings. The van der Waals surface area contributed by atoms with E-state index in [1.807, 2.05) is 19.1 Å². The third-order valence-corrected chi connectivity index (χ3v) is 2.50. The molecule has 17 heavy (non-hydrogen) atoms.